The number of likely N-dealkylation sites (tertiary alicyclic amines) is 1. The summed E-state index contributed by atoms with van der Waals surface area (Å²) in [6.07, 6.45) is 3.75. The van der Waals surface area contributed by atoms with Crippen LogP contribution in [-0.4, -0.2) is 54.9 Å². The van der Waals surface area contributed by atoms with E-state index in [1.54, 1.807) is 17.0 Å². The normalized spacial score (nSPS) is 24.8. The van der Waals surface area contributed by atoms with E-state index < -0.39 is 0 Å². The van der Waals surface area contributed by atoms with E-state index >= 15 is 0 Å². The average Bonchev–Trinajstić information content (AvgIpc) is 2.62. The Bertz CT molecular complexity index is 569. The van der Waals surface area contributed by atoms with Gasteiger partial charge in [-0.1, -0.05) is 12.1 Å². The fourth-order valence-electron chi connectivity index (χ4n) is 3.69. The largest absolute Gasteiger partial charge is 0.396 e. The number of amides is 2. The summed E-state index contributed by atoms with van der Waals surface area (Å²) in [6.45, 7) is 2.93. The van der Waals surface area contributed by atoms with Crippen molar-refractivity contribution in [2.45, 2.75) is 31.7 Å². The van der Waals surface area contributed by atoms with Gasteiger partial charge in [-0.05, 0) is 43.7 Å². The fourth-order valence-corrected chi connectivity index (χ4v) is 3.69. The van der Waals surface area contributed by atoms with Crippen molar-refractivity contribution < 1.29 is 14.3 Å². The highest BCUT2D eigenvalue weighted by Gasteiger charge is 2.27. The number of halogens is 1. The van der Waals surface area contributed by atoms with Crippen molar-refractivity contribution in [3.05, 3.63) is 30.1 Å². The molecule has 0 saturated carbocycles. The van der Waals surface area contributed by atoms with Gasteiger partial charge in [0, 0.05) is 38.8 Å². The number of benzene rings is 1. The lowest BCUT2D eigenvalue weighted by Gasteiger charge is -2.37. The van der Waals surface area contributed by atoms with Gasteiger partial charge in [0.2, 0.25) is 0 Å². The number of hydrogen-bond donors (Lipinski definition) is 2. The van der Waals surface area contributed by atoms with Crippen LogP contribution in [0.2, 0.25) is 0 Å². The van der Waals surface area contributed by atoms with E-state index in [-0.39, 0.29) is 30.4 Å². The second-order valence-corrected chi connectivity index (χ2v) is 6.82. The summed E-state index contributed by atoms with van der Waals surface area (Å²) in [7, 11) is 0. The number of carbonyl (C=O) groups excluding carboxylic acids is 1. The molecule has 6 heteroatoms. The van der Waals surface area contributed by atoms with Crippen LogP contribution in [0.5, 0.6) is 0 Å². The second kappa shape index (κ2) is 7.83. The maximum atomic E-state index is 14.0. The molecule has 5 nitrogen and oxygen atoms in total. The number of urea groups is 1. The van der Waals surface area contributed by atoms with Gasteiger partial charge in [-0.15, -0.1) is 0 Å². The summed E-state index contributed by atoms with van der Waals surface area (Å²) in [5, 5.41) is 12.4. The Balaban J connectivity index is 1.57. The standard InChI is InChI=1S/C18H26FN3O2/c19-16-7-1-2-8-17(16)21-9-4-6-15(12-21)20-18(24)22-10-3-5-14(11-22)13-23/h1-2,7-8,14-15,23H,3-6,9-13H2,(H,20,24). The summed E-state index contributed by atoms with van der Waals surface area (Å²) in [5.74, 6) is -0.0305. The molecule has 0 spiro atoms. The second-order valence-electron chi connectivity index (χ2n) is 6.82. The first-order valence-electron chi connectivity index (χ1n) is 8.83. The number of aliphatic hydroxyl groups excluding tert-OH is 1. The molecule has 1 aromatic rings. The van der Waals surface area contributed by atoms with E-state index in [0.717, 1.165) is 38.8 Å². The number of carbonyl (C=O) groups is 1. The Labute approximate surface area is 142 Å². The molecule has 1 aromatic carbocycles. The number of para-hydroxylation sites is 1. The van der Waals surface area contributed by atoms with E-state index in [4.69, 9.17) is 0 Å². The summed E-state index contributed by atoms with van der Waals surface area (Å²) in [6, 6.07) is 6.75. The Morgan fingerprint density at radius 3 is 2.79 bits per heavy atom. The van der Waals surface area contributed by atoms with Gasteiger partial charge in [-0.3, -0.25) is 0 Å². The highest BCUT2D eigenvalue weighted by atomic mass is 19.1. The lowest BCUT2D eigenvalue weighted by molar-refractivity contribution is 0.127. The van der Waals surface area contributed by atoms with Crippen LogP contribution in [0.1, 0.15) is 25.7 Å². The predicted octanol–water partition coefficient (Wildman–Crippen LogP) is 2.21. The molecular weight excluding hydrogens is 309 g/mol. The average molecular weight is 335 g/mol. The Morgan fingerprint density at radius 2 is 2.00 bits per heavy atom. The van der Waals surface area contributed by atoms with E-state index in [9.17, 15) is 14.3 Å². The summed E-state index contributed by atoms with van der Waals surface area (Å²) in [5.41, 5.74) is 0.606. The predicted molar refractivity (Wildman–Crippen MR) is 91.5 cm³/mol. The van der Waals surface area contributed by atoms with E-state index in [1.807, 2.05) is 11.0 Å². The van der Waals surface area contributed by atoms with Crippen LogP contribution in [0.3, 0.4) is 0 Å². The smallest absolute Gasteiger partial charge is 0.317 e. The molecule has 2 heterocycles. The minimum atomic E-state index is -0.216. The molecule has 2 atom stereocenters. The molecule has 2 saturated heterocycles. The molecule has 2 unspecified atom stereocenters. The molecule has 0 radical (unpaired) electrons. The van der Waals surface area contributed by atoms with E-state index in [1.165, 1.54) is 6.07 Å². The number of anilines is 1. The number of nitrogens with one attached hydrogen (secondary N) is 1. The van der Waals surface area contributed by atoms with Crippen LogP contribution in [-0.2, 0) is 0 Å². The van der Waals surface area contributed by atoms with Crippen LogP contribution in [0.4, 0.5) is 14.9 Å². The first kappa shape index (κ1) is 17.0. The summed E-state index contributed by atoms with van der Waals surface area (Å²) >= 11 is 0. The fraction of sp³-hybridized carbons (Fsp3) is 0.611. The third kappa shape index (κ3) is 3.98. The van der Waals surface area contributed by atoms with Gasteiger partial charge in [0.15, 0.2) is 0 Å². The zero-order chi connectivity index (χ0) is 16.9. The van der Waals surface area contributed by atoms with Crippen LogP contribution >= 0.6 is 0 Å². The molecule has 2 N–H and O–H groups in total. The molecular formula is C18H26FN3O2. The van der Waals surface area contributed by atoms with Gasteiger partial charge in [-0.25, -0.2) is 9.18 Å². The maximum absolute atomic E-state index is 14.0. The number of piperidine rings is 2. The maximum Gasteiger partial charge on any atom is 0.317 e. The zero-order valence-corrected chi connectivity index (χ0v) is 14.0. The molecule has 3 rings (SSSR count). The molecule has 2 amide bonds. The van der Waals surface area contributed by atoms with Crippen molar-refractivity contribution in [3.63, 3.8) is 0 Å². The minimum Gasteiger partial charge on any atom is -0.396 e. The highest BCUT2D eigenvalue weighted by molar-refractivity contribution is 5.74. The number of hydrogen-bond acceptors (Lipinski definition) is 3. The van der Waals surface area contributed by atoms with Gasteiger partial charge < -0.3 is 20.2 Å². The van der Waals surface area contributed by atoms with Crippen molar-refractivity contribution in [2.75, 3.05) is 37.7 Å². The minimum absolute atomic E-state index is 0.0281. The number of nitrogens with zero attached hydrogens (tertiary/aromatic N) is 2. The summed E-state index contributed by atoms with van der Waals surface area (Å²) < 4.78 is 14.0. The topological polar surface area (TPSA) is 55.8 Å². The van der Waals surface area contributed by atoms with E-state index in [2.05, 4.69) is 5.32 Å². The molecule has 132 valence electrons. The lowest BCUT2D eigenvalue weighted by Crippen LogP contribution is -2.53. The molecule has 0 aliphatic carbocycles. The molecule has 24 heavy (non-hydrogen) atoms. The van der Waals surface area contributed by atoms with Crippen molar-refractivity contribution in [3.8, 4) is 0 Å². The SMILES string of the molecule is O=C(NC1CCCN(c2ccccc2F)C1)N1CCCC(CO)C1. The van der Waals surface area contributed by atoms with Crippen LogP contribution in [0, 0.1) is 11.7 Å². The molecule has 0 aromatic heterocycles. The third-order valence-electron chi connectivity index (χ3n) is 5.01. The van der Waals surface area contributed by atoms with Gasteiger partial charge in [-0.2, -0.15) is 0 Å². The van der Waals surface area contributed by atoms with Gasteiger partial charge in [0.1, 0.15) is 5.82 Å². The first-order valence-corrected chi connectivity index (χ1v) is 8.83. The van der Waals surface area contributed by atoms with Crippen molar-refractivity contribution in [1.29, 1.82) is 0 Å². The summed E-state index contributed by atoms with van der Waals surface area (Å²) in [4.78, 5) is 16.3. The Kier molecular flexibility index (Phi) is 5.56. The first-order chi connectivity index (χ1) is 11.7. The van der Waals surface area contributed by atoms with Crippen LogP contribution in [0.15, 0.2) is 24.3 Å². The van der Waals surface area contributed by atoms with Gasteiger partial charge in [0.25, 0.3) is 0 Å². The molecule has 2 aliphatic heterocycles. The van der Waals surface area contributed by atoms with Crippen molar-refractivity contribution in [1.82, 2.24) is 10.2 Å². The quantitative estimate of drug-likeness (QED) is 0.890. The van der Waals surface area contributed by atoms with Crippen LogP contribution in [0.25, 0.3) is 0 Å². The lowest BCUT2D eigenvalue weighted by atomic mass is 9.99. The Morgan fingerprint density at radius 1 is 1.21 bits per heavy atom. The molecule has 2 fully saturated rings. The number of rotatable bonds is 3. The van der Waals surface area contributed by atoms with Gasteiger partial charge >= 0.3 is 6.03 Å². The zero-order valence-electron chi connectivity index (χ0n) is 14.0. The highest BCUT2D eigenvalue weighted by Crippen LogP contribution is 2.23. The van der Waals surface area contributed by atoms with Gasteiger partial charge in [0.05, 0.1) is 5.69 Å². The monoisotopic (exact) mass is 335 g/mol. The third-order valence-corrected chi connectivity index (χ3v) is 5.01. The van der Waals surface area contributed by atoms with E-state index in [0.29, 0.717) is 18.8 Å². The number of aliphatic hydroxyl groups is 1. The van der Waals surface area contributed by atoms with Crippen LogP contribution < -0.4 is 10.2 Å². The van der Waals surface area contributed by atoms with Crippen molar-refractivity contribution in [2.24, 2.45) is 5.92 Å². The molecule has 2 aliphatic rings. The molecule has 0 bridgehead atoms. The Hall–Kier alpha value is -1.82. The van der Waals surface area contributed by atoms with Crippen molar-refractivity contribution >= 4 is 11.7 Å².